The third-order valence-corrected chi connectivity index (χ3v) is 3.41. The minimum Gasteiger partial charge on any atom is -0.465 e. The van der Waals surface area contributed by atoms with Crippen LogP contribution in [0.25, 0.3) is 0 Å². The lowest BCUT2D eigenvalue weighted by molar-refractivity contribution is 0.0344. The van der Waals surface area contributed by atoms with E-state index < -0.39 is 5.97 Å². The molecule has 1 aromatic carbocycles. The van der Waals surface area contributed by atoms with Gasteiger partial charge in [-0.2, -0.15) is 0 Å². The summed E-state index contributed by atoms with van der Waals surface area (Å²) in [7, 11) is 1.36. The number of nitrogens with two attached hydrogens (primary N) is 1. The molecular weight excluding hydrogens is 244 g/mol. The molecule has 104 valence electrons. The van der Waals surface area contributed by atoms with Crippen LogP contribution in [-0.4, -0.2) is 38.4 Å². The zero-order valence-electron chi connectivity index (χ0n) is 11.6. The Bertz CT molecular complexity index is 476. The van der Waals surface area contributed by atoms with E-state index in [0.717, 1.165) is 12.2 Å². The van der Waals surface area contributed by atoms with E-state index in [9.17, 15) is 4.79 Å². The van der Waals surface area contributed by atoms with Crippen LogP contribution < -0.4 is 10.6 Å². The number of para-hydroxylation sites is 1. The van der Waals surface area contributed by atoms with Crippen molar-refractivity contribution >= 4 is 17.3 Å². The molecule has 0 aliphatic carbocycles. The van der Waals surface area contributed by atoms with Gasteiger partial charge in [0, 0.05) is 12.6 Å². The van der Waals surface area contributed by atoms with Crippen LogP contribution in [0.15, 0.2) is 18.2 Å². The maximum Gasteiger partial charge on any atom is 0.340 e. The number of benzene rings is 1. The van der Waals surface area contributed by atoms with Crippen LogP contribution in [0.4, 0.5) is 11.4 Å². The molecule has 1 heterocycles. The largest absolute Gasteiger partial charge is 0.465 e. The normalized spacial score (nSPS) is 23.2. The van der Waals surface area contributed by atoms with Crippen LogP contribution in [0.1, 0.15) is 24.2 Å². The van der Waals surface area contributed by atoms with Gasteiger partial charge in [-0.25, -0.2) is 4.79 Å². The molecular formula is C14H20N2O3. The lowest BCUT2D eigenvalue weighted by atomic mass is 10.1. The molecule has 5 heteroatoms. The first-order valence-electron chi connectivity index (χ1n) is 6.39. The summed E-state index contributed by atoms with van der Waals surface area (Å²) in [5.41, 5.74) is 7.86. The van der Waals surface area contributed by atoms with Crippen molar-refractivity contribution in [2.45, 2.75) is 26.0 Å². The van der Waals surface area contributed by atoms with Gasteiger partial charge in [-0.05, 0) is 26.0 Å². The zero-order chi connectivity index (χ0) is 14.0. The number of nitrogens with zero attached hydrogens (tertiary/aromatic N) is 1. The molecule has 1 aromatic rings. The Hall–Kier alpha value is -1.75. The fraction of sp³-hybridized carbons (Fsp3) is 0.500. The number of rotatable bonds is 2. The third kappa shape index (κ3) is 2.66. The van der Waals surface area contributed by atoms with Gasteiger partial charge in [-0.15, -0.1) is 0 Å². The highest BCUT2D eigenvalue weighted by atomic mass is 16.5. The maximum absolute atomic E-state index is 11.7. The molecule has 2 atom stereocenters. The van der Waals surface area contributed by atoms with Gasteiger partial charge in [0.15, 0.2) is 0 Å². The van der Waals surface area contributed by atoms with Gasteiger partial charge in [-0.1, -0.05) is 6.07 Å². The summed E-state index contributed by atoms with van der Waals surface area (Å²) in [5.74, 6) is -0.409. The van der Waals surface area contributed by atoms with Gasteiger partial charge in [0.25, 0.3) is 0 Å². The first-order chi connectivity index (χ1) is 9.04. The third-order valence-electron chi connectivity index (χ3n) is 3.41. The van der Waals surface area contributed by atoms with Crippen molar-refractivity contribution in [3.8, 4) is 0 Å². The number of hydrogen-bond donors (Lipinski definition) is 1. The molecule has 19 heavy (non-hydrogen) atoms. The quantitative estimate of drug-likeness (QED) is 0.650. The number of hydrogen-bond acceptors (Lipinski definition) is 5. The topological polar surface area (TPSA) is 64.8 Å². The first-order valence-corrected chi connectivity index (χ1v) is 6.39. The summed E-state index contributed by atoms with van der Waals surface area (Å²) in [4.78, 5) is 13.8. The second-order valence-electron chi connectivity index (χ2n) is 4.88. The number of carbonyl (C=O) groups is 1. The molecule has 1 aliphatic heterocycles. The number of methoxy groups -OCH3 is 1. The lowest BCUT2D eigenvalue weighted by Crippen LogP contribution is -2.47. The van der Waals surface area contributed by atoms with Gasteiger partial charge >= 0.3 is 5.97 Å². The Morgan fingerprint density at radius 2 is 2.21 bits per heavy atom. The highest BCUT2D eigenvalue weighted by molar-refractivity contribution is 5.98. The molecule has 1 aliphatic rings. The molecule has 1 fully saturated rings. The summed E-state index contributed by atoms with van der Waals surface area (Å²) in [5, 5.41) is 0. The van der Waals surface area contributed by atoms with Crippen LogP contribution in [0.2, 0.25) is 0 Å². The predicted molar refractivity (Wildman–Crippen MR) is 74.4 cm³/mol. The molecule has 2 rings (SSSR count). The molecule has 5 nitrogen and oxygen atoms in total. The van der Waals surface area contributed by atoms with E-state index in [1.54, 1.807) is 6.07 Å². The number of nitrogen functional groups attached to an aromatic ring is 1. The molecule has 2 unspecified atom stereocenters. The van der Waals surface area contributed by atoms with Crippen molar-refractivity contribution in [1.29, 1.82) is 0 Å². The molecule has 0 spiro atoms. The molecule has 0 saturated carbocycles. The fourth-order valence-corrected chi connectivity index (χ4v) is 2.33. The van der Waals surface area contributed by atoms with Crippen LogP contribution in [-0.2, 0) is 9.47 Å². The maximum atomic E-state index is 11.7. The summed E-state index contributed by atoms with van der Waals surface area (Å²) >= 11 is 0. The Morgan fingerprint density at radius 1 is 1.47 bits per heavy atom. The van der Waals surface area contributed by atoms with Crippen molar-refractivity contribution in [2.75, 3.05) is 30.9 Å². The average Bonchev–Trinajstić information content (AvgIpc) is 2.41. The summed E-state index contributed by atoms with van der Waals surface area (Å²) in [6, 6.07) is 5.66. The van der Waals surface area contributed by atoms with Crippen LogP contribution >= 0.6 is 0 Å². The molecule has 0 bridgehead atoms. The van der Waals surface area contributed by atoms with Crippen LogP contribution in [0.5, 0.6) is 0 Å². The Kier molecular flexibility index (Phi) is 3.95. The van der Waals surface area contributed by atoms with Crippen LogP contribution in [0.3, 0.4) is 0 Å². The van der Waals surface area contributed by atoms with Crippen LogP contribution in [0, 0.1) is 0 Å². The van der Waals surface area contributed by atoms with E-state index in [2.05, 4.69) is 11.8 Å². The molecule has 0 amide bonds. The number of morpholine rings is 1. The van der Waals surface area contributed by atoms with E-state index >= 15 is 0 Å². The highest BCUT2D eigenvalue weighted by Crippen LogP contribution is 2.30. The smallest absolute Gasteiger partial charge is 0.340 e. The lowest BCUT2D eigenvalue weighted by Gasteiger charge is -2.39. The van der Waals surface area contributed by atoms with Crippen molar-refractivity contribution in [3.05, 3.63) is 23.8 Å². The highest BCUT2D eigenvalue weighted by Gasteiger charge is 2.26. The minimum absolute atomic E-state index is 0.150. The van der Waals surface area contributed by atoms with E-state index in [-0.39, 0.29) is 12.1 Å². The minimum atomic E-state index is -0.409. The predicted octanol–water partition coefficient (Wildman–Crippen LogP) is 1.67. The molecule has 0 radical (unpaired) electrons. The monoisotopic (exact) mass is 264 g/mol. The van der Waals surface area contributed by atoms with E-state index in [1.807, 2.05) is 19.1 Å². The van der Waals surface area contributed by atoms with Gasteiger partial charge in [0.2, 0.25) is 0 Å². The zero-order valence-corrected chi connectivity index (χ0v) is 11.6. The Labute approximate surface area is 113 Å². The van der Waals surface area contributed by atoms with Gasteiger partial charge in [-0.3, -0.25) is 0 Å². The van der Waals surface area contributed by atoms with Crippen molar-refractivity contribution < 1.29 is 14.3 Å². The Balaban J connectivity index is 2.36. The van der Waals surface area contributed by atoms with Gasteiger partial charge in [0.05, 0.1) is 36.8 Å². The van der Waals surface area contributed by atoms with Crippen molar-refractivity contribution in [2.24, 2.45) is 0 Å². The standard InChI is InChI=1S/C14H20N2O3/c1-9-8-19-10(2)7-16(9)12-6-4-5-11(13(12)15)14(17)18-3/h4-6,9-10H,7-8,15H2,1-3H3. The molecule has 1 saturated heterocycles. The van der Waals surface area contributed by atoms with Gasteiger partial charge < -0.3 is 20.1 Å². The number of anilines is 2. The second-order valence-corrected chi connectivity index (χ2v) is 4.88. The SMILES string of the molecule is COC(=O)c1cccc(N2CC(C)OCC2C)c1N. The average molecular weight is 264 g/mol. The van der Waals surface area contributed by atoms with E-state index in [0.29, 0.717) is 17.9 Å². The Morgan fingerprint density at radius 3 is 2.89 bits per heavy atom. The second kappa shape index (κ2) is 5.48. The molecule has 0 aromatic heterocycles. The van der Waals surface area contributed by atoms with Gasteiger partial charge in [0.1, 0.15) is 0 Å². The number of carbonyl (C=O) groups excluding carboxylic acids is 1. The summed E-state index contributed by atoms with van der Waals surface area (Å²) in [6.07, 6.45) is 0.150. The molecule has 2 N–H and O–H groups in total. The van der Waals surface area contributed by atoms with Crippen molar-refractivity contribution in [1.82, 2.24) is 0 Å². The summed E-state index contributed by atoms with van der Waals surface area (Å²) < 4.78 is 10.4. The van der Waals surface area contributed by atoms with E-state index in [1.165, 1.54) is 7.11 Å². The first kappa shape index (κ1) is 13.7. The summed E-state index contributed by atoms with van der Waals surface area (Å²) in [6.45, 7) is 5.52. The van der Waals surface area contributed by atoms with Crippen molar-refractivity contribution in [3.63, 3.8) is 0 Å². The fourth-order valence-electron chi connectivity index (χ4n) is 2.33. The van der Waals surface area contributed by atoms with E-state index in [4.69, 9.17) is 15.2 Å². The number of esters is 1. The number of ether oxygens (including phenoxy) is 2.